The van der Waals surface area contributed by atoms with Gasteiger partial charge in [-0.2, -0.15) is 0 Å². The van der Waals surface area contributed by atoms with E-state index in [1.807, 2.05) is 13.0 Å². The number of aryl methyl sites for hydroxylation is 2. The summed E-state index contributed by atoms with van der Waals surface area (Å²) >= 11 is 0. The van der Waals surface area contributed by atoms with E-state index in [0.717, 1.165) is 50.0 Å². The fourth-order valence-electron chi connectivity index (χ4n) is 1.91. The van der Waals surface area contributed by atoms with Gasteiger partial charge in [-0.3, -0.25) is 9.59 Å². The lowest BCUT2D eigenvalue weighted by molar-refractivity contribution is -0.145. The third-order valence-corrected chi connectivity index (χ3v) is 2.90. The van der Waals surface area contributed by atoms with E-state index in [9.17, 15) is 9.59 Å². The molecule has 1 rings (SSSR count). The second-order valence-electron chi connectivity index (χ2n) is 5.05. The van der Waals surface area contributed by atoms with Crippen LogP contribution in [0.4, 0.5) is 0 Å². The van der Waals surface area contributed by atoms with Crippen LogP contribution in [0, 0.1) is 6.92 Å². The number of hydrogen-bond acceptors (Lipinski definition) is 5. The lowest BCUT2D eigenvalue weighted by Gasteiger charge is -2.03. The van der Waals surface area contributed by atoms with E-state index in [1.165, 1.54) is 6.92 Å². The second kappa shape index (κ2) is 9.28. The largest absolute Gasteiger partial charge is 0.465 e. The number of aromatic nitrogens is 1. The van der Waals surface area contributed by atoms with Crippen LogP contribution in [0.25, 0.3) is 0 Å². The summed E-state index contributed by atoms with van der Waals surface area (Å²) in [6.07, 6.45) is 6.01. The number of unbranched alkanes of at least 4 members (excludes halogenated alkanes) is 4. The Hall–Kier alpha value is -1.65. The number of Topliss-reactive ketones (excluding diaryl/α,β-unsaturated/α-hetero) is 1. The highest BCUT2D eigenvalue weighted by Crippen LogP contribution is 2.10. The first-order valence-electron chi connectivity index (χ1n) is 7.15. The minimum absolute atomic E-state index is 0.114. The monoisotopic (exact) mass is 281 g/mol. The molecule has 1 aromatic heterocycles. The molecule has 1 aromatic rings. The van der Waals surface area contributed by atoms with Gasteiger partial charge >= 0.3 is 5.97 Å². The zero-order valence-corrected chi connectivity index (χ0v) is 12.3. The molecule has 0 bridgehead atoms. The number of nitrogens with zero attached hydrogens (tertiary/aromatic N) is 1. The van der Waals surface area contributed by atoms with Crippen molar-refractivity contribution >= 4 is 11.8 Å². The molecule has 0 unspecified atom stereocenters. The molecule has 0 spiro atoms. The molecule has 0 atom stereocenters. The van der Waals surface area contributed by atoms with Crippen LogP contribution in [0.5, 0.6) is 0 Å². The Morgan fingerprint density at radius 2 is 1.90 bits per heavy atom. The molecule has 0 saturated carbocycles. The molecule has 0 fully saturated rings. The first kappa shape index (κ1) is 16.4. The Labute approximate surface area is 119 Å². The average Bonchev–Trinajstić information content (AvgIpc) is 2.77. The minimum Gasteiger partial charge on any atom is -0.465 e. The van der Waals surface area contributed by atoms with Gasteiger partial charge in [-0.05, 0) is 26.7 Å². The molecule has 112 valence electrons. The molecule has 1 heterocycles. The lowest BCUT2D eigenvalue weighted by atomic mass is 10.1. The molecule has 0 aromatic carbocycles. The summed E-state index contributed by atoms with van der Waals surface area (Å²) < 4.78 is 10.1. The second-order valence-corrected chi connectivity index (χ2v) is 5.05. The van der Waals surface area contributed by atoms with Crippen molar-refractivity contribution in [2.45, 2.75) is 58.8 Å². The SMILES string of the molecule is CC(=O)CC(=O)OCCCCCCCc1cc(C)no1. The number of carbonyl (C=O) groups is 2. The highest BCUT2D eigenvalue weighted by Gasteiger charge is 2.05. The Kier molecular flexibility index (Phi) is 7.62. The van der Waals surface area contributed by atoms with Crippen LogP contribution in [0.3, 0.4) is 0 Å². The van der Waals surface area contributed by atoms with Gasteiger partial charge in [-0.25, -0.2) is 0 Å². The molecule has 0 N–H and O–H groups in total. The summed E-state index contributed by atoms with van der Waals surface area (Å²) in [5, 5.41) is 3.85. The van der Waals surface area contributed by atoms with Gasteiger partial charge in [0.05, 0.1) is 12.3 Å². The van der Waals surface area contributed by atoms with E-state index >= 15 is 0 Å². The first-order valence-corrected chi connectivity index (χ1v) is 7.15. The van der Waals surface area contributed by atoms with Gasteiger partial charge in [0.2, 0.25) is 0 Å². The zero-order chi connectivity index (χ0) is 14.8. The van der Waals surface area contributed by atoms with Crippen LogP contribution >= 0.6 is 0 Å². The number of ketones is 1. The maximum Gasteiger partial charge on any atom is 0.313 e. The van der Waals surface area contributed by atoms with Crippen molar-refractivity contribution < 1.29 is 18.8 Å². The number of carbonyl (C=O) groups excluding carboxylic acids is 2. The van der Waals surface area contributed by atoms with E-state index in [2.05, 4.69) is 5.16 Å². The fourth-order valence-corrected chi connectivity index (χ4v) is 1.91. The Bertz CT molecular complexity index is 425. The molecule has 0 amide bonds. The molecule has 5 nitrogen and oxygen atoms in total. The van der Waals surface area contributed by atoms with Crippen LogP contribution in [-0.2, 0) is 20.7 Å². The minimum atomic E-state index is -0.418. The van der Waals surface area contributed by atoms with Gasteiger partial charge in [0.25, 0.3) is 0 Å². The maximum absolute atomic E-state index is 11.1. The van der Waals surface area contributed by atoms with Gasteiger partial charge < -0.3 is 9.26 Å². The number of esters is 1. The van der Waals surface area contributed by atoms with E-state index in [-0.39, 0.29) is 12.2 Å². The van der Waals surface area contributed by atoms with Gasteiger partial charge in [-0.15, -0.1) is 0 Å². The van der Waals surface area contributed by atoms with Crippen molar-refractivity contribution in [1.29, 1.82) is 0 Å². The summed E-state index contributed by atoms with van der Waals surface area (Å²) in [6, 6.07) is 1.97. The Balaban J connectivity index is 1.90. The zero-order valence-electron chi connectivity index (χ0n) is 12.3. The predicted molar refractivity (Wildman–Crippen MR) is 74.3 cm³/mol. The molecule has 20 heavy (non-hydrogen) atoms. The predicted octanol–water partition coefficient (Wildman–Crippen LogP) is 3.00. The summed E-state index contributed by atoms with van der Waals surface area (Å²) in [4.78, 5) is 21.8. The van der Waals surface area contributed by atoms with E-state index in [4.69, 9.17) is 9.26 Å². The van der Waals surface area contributed by atoms with Crippen LogP contribution in [0.15, 0.2) is 10.6 Å². The summed E-state index contributed by atoms with van der Waals surface area (Å²) in [5.41, 5.74) is 0.923. The van der Waals surface area contributed by atoms with Gasteiger partial charge in [0.15, 0.2) is 0 Å². The van der Waals surface area contributed by atoms with Gasteiger partial charge in [0.1, 0.15) is 18.0 Å². The standard InChI is InChI=1S/C15H23NO4/c1-12-10-14(20-16-12)8-6-4-3-5-7-9-19-15(18)11-13(2)17/h10H,3-9,11H2,1-2H3. The lowest BCUT2D eigenvalue weighted by Crippen LogP contribution is -2.09. The smallest absolute Gasteiger partial charge is 0.313 e. The number of hydrogen-bond donors (Lipinski definition) is 0. The molecule has 5 heteroatoms. The van der Waals surface area contributed by atoms with Crippen molar-refractivity contribution in [3.8, 4) is 0 Å². The third kappa shape index (κ3) is 7.71. The third-order valence-electron chi connectivity index (χ3n) is 2.90. The maximum atomic E-state index is 11.1. The van der Waals surface area contributed by atoms with Crippen LogP contribution in [0.1, 0.15) is 56.9 Å². The van der Waals surface area contributed by atoms with Crippen LogP contribution < -0.4 is 0 Å². The number of rotatable bonds is 10. The van der Waals surface area contributed by atoms with Gasteiger partial charge in [0, 0.05) is 12.5 Å². The molecular formula is C15H23NO4. The van der Waals surface area contributed by atoms with Gasteiger partial charge in [-0.1, -0.05) is 24.4 Å². The molecule has 0 aliphatic carbocycles. The number of ether oxygens (including phenoxy) is 1. The van der Waals surface area contributed by atoms with E-state index in [0.29, 0.717) is 6.61 Å². The van der Waals surface area contributed by atoms with Crippen molar-refractivity contribution in [2.24, 2.45) is 0 Å². The summed E-state index contributed by atoms with van der Waals surface area (Å²) in [6.45, 7) is 3.71. The van der Waals surface area contributed by atoms with Crippen molar-refractivity contribution in [1.82, 2.24) is 5.16 Å². The summed E-state index contributed by atoms with van der Waals surface area (Å²) in [7, 11) is 0. The highest BCUT2D eigenvalue weighted by atomic mass is 16.5. The molecule has 0 aliphatic rings. The van der Waals surface area contributed by atoms with Crippen molar-refractivity contribution in [3.63, 3.8) is 0 Å². The normalized spacial score (nSPS) is 10.5. The molecule has 0 saturated heterocycles. The van der Waals surface area contributed by atoms with Crippen LogP contribution in [0.2, 0.25) is 0 Å². The van der Waals surface area contributed by atoms with E-state index < -0.39 is 5.97 Å². The van der Waals surface area contributed by atoms with Crippen LogP contribution in [-0.4, -0.2) is 23.5 Å². The summed E-state index contributed by atoms with van der Waals surface area (Å²) in [5.74, 6) is 0.372. The van der Waals surface area contributed by atoms with Crippen molar-refractivity contribution in [2.75, 3.05) is 6.61 Å². The fraction of sp³-hybridized carbons (Fsp3) is 0.667. The molecular weight excluding hydrogens is 258 g/mol. The Morgan fingerprint density at radius 3 is 2.55 bits per heavy atom. The quantitative estimate of drug-likeness (QED) is 0.374. The highest BCUT2D eigenvalue weighted by molar-refractivity contribution is 5.94. The van der Waals surface area contributed by atoms with Crippen molar-refractivity contribution in [3.05, 3.63) is 17.5 Å². The average molecular weight is 281 g/mol. The Morgan fingerprint density at radius 1 is 1.20 bits per heavy atom. The first-order chi connectivity index (χ1) is 9.58. The molecule has 0 radical (unpaired) electrons. The molecule has 0 aliphatic heterocycles. The van der Waals surface area contributed by atoms with E-state index in [1.54, 1.807) is 0 Å². The topological polar surface area (TPSA) is 69.4 Å².